The Bertz CT molecular complexity index is 359. The molecule has 0 aliphatic rings. The van der Waals surface area contributed by atoms with Gasteiger partial charge in [-0.3, -0.25) is 0 Å². The number of aliphatic hydroxyl groups excluding tert-OH is 1. The number of hydrogen-bond acceptors (Lipinski definition) is 2. The molecule has 0 aliphatic heterocycles. The molecule has 0 aromatic heterocycles. The Balaban J connectivity index is 2.69. The monoisotopic (exact) mass is 247 g/mol. The van der Waals surface area contributed by atoms with Gasteiger partial charge in [0.25, 0.3) is 0 Å². The molecule has 2 nitrogen and oxygen atoms in total. The van der Waals surface area contributed by atoms with Crippen molar-refractivity contribution in [3.8, 4) is 0 Å². The van der Waals surface area contributed by atoms with Crippen LogP contribution in [-0.4, -0.2) is 17.8 Å². The Morgan fingerprint density at radius 2 is 1.71 bits per heavy atom. The first kappa shape index (κ1) is 14.0. The van der Waals surface area contributed by atoms with Crippen molar-refractivity contribution in [2.24, 2.45) is 5.92 Å². The summed E-state index contributed by atoms with van der Waals surface area (Å²) in [5, 5.41) is 12.0. The fourth-order valence-corrected chi connectivity index (χ4v) is 1.47. The van der Waals surface area contributed by atoms with E-state index in [2.05, 4.69) is 5.32 Å². The van der Waals surface area contributed by atoms with Crippen molar-refractivity contribution in [1.29, 1.82) is 0 Å². The molecule has 0 bridgehead atoms. The van der Waals surface area contributed by atoms with E-state index in [0.29, 0.717) is 5.56 Å². The average molecular weight is 247 g/mol. The number of hydrogen-bond donors (Lipinski definition) is 2. The summed E-state index contributed by atoms with van der Waals surface area (Å²) in [5.41, 5.74) is 0.306. The maximum Gasteiger partial charge on any atom is 0.194 e. The van der Waals surface area contributed by atoms with E-state index in [1.165, 1.54) is 0 Å². The molecule has 0 aliphatic carbocycles. The first-order valence-electron chi connectivity index (χ1n) is 5.43. The highest BCUT2D eigenvalue weighted by atomic mass is 19.2. The van der Waals surface area contributed by atoms with Gasteiger partial charge in [0.15, 0.2) is 17.5 Å². The van der Waals surface area contributed by atoms with Gasteiger partial charge in [0, 0.05) is 12.6 Å². The van der Waals surface area contributed by atoms with E-state index in [-0.39, 0.29) is 25.1 Å². The number of rotatable bonds is 5. The molecule has 1 atom stereocenters. The zero-order valence-corrected chi connectivity index (χ0v) is 9.80. The fraction of sp³-hybridized carbons (Fsp3) is 0.500. The predicted octanol–water partition coefficient (Wildman–Crippen LogP) is 2.21. The van der Waals surface area contributed by atoms with E-state index in [4.69, 9.17) is 5.11 Å². The van der Waals surface area contributed by atoms with E-state index < -0.39 is 17.5 Å². The van der Waals surface area contributed by atoms with Gasteiger partial charge >= 0.3 is 0 Å². The lowest BCUT2D eigenvalue weighted by Crippen LogP contribution is -2.36. The molecule has 1 aromatic rings. The SMILES string of the molecule is CC(C)[C@@H](CO)NCc1cc(F)c(F)c(F)c1. The lowest BCUT2D eigenvalue weighted by Gasteiger charge is -2.20. The van der Waals surface area contributed by atoms with Crippen molar-refractivity contribution in [2.75, 3.05) is 6.61 Å². The molecule has 5 heteroatoms. The molecule has 1 rings (SSSR count). The number of benzene rings is 1. The summed E-state index contributed by atoms with van der Waals surface area (Å²) in [5.74, 6) is -3.68. The Hall–Kier alpha value is -1.07. The van der Waals surface area contributed by atoms with E-state index in [1.54, 1.807) is 0 Å². The maximum atomic E-state index is 12.9. The van der Waals surface area contributed by atoms with Crippen LogP contribution >= 0.6 is 0 Å². The van der Waals surface area contributed by atoms with Crippen LogP contribution in [0.25, 0.3) is 0 Å². The van der Waals surface area contributed by atoms with Crippen LogP contribution in [0, 0.1) is 23.4 Å². The number of halogens is 3. The van der Waals surface area contributed by atoms with Crippen LogP contribution in [0.2, 0.25) is 0 Å². The first-order chi connectivity index (χ1) is 7.95. The van der Waals surface area contributed by atoms with Crippen LogP contribution in [0.5, 0.6) is 0 Å². The van der Waals surface area contributed by atoms with Crippen molar-refractivity contribution in [3.63, 3.8) is 0 Å². The topological polar surface area (TPSA) is 32.3 Å². The van der Waals surface area contributed by atoms with Crippen LogP contribution < -0.4 is 5.32 Å². The fourth-order valence-electron chi connectivity index (χ4n) is 1.47. The van der Waals surface area contributed by atoms with Crippen LogP contribution in [0.15, 0.2) is 12.1 Å². The van der Waals surface area contributed by atoms with E-state index >= 15 is 0 Å². The highest BCUT2D eigenvalue weighted by Gasteiger charge is 2.13. The highest BCUT2D eigenvalue weighted by molar-refractivity contribution is 5.19. The van der Waals surface area contributed by atoms with Gasteiger partial charge in [0.2, 0.25) is 0 Å². The van der Waals surface area contributed by atoms with Gasteiger partial charge in [-0.05, 0) is 23.6 Å². The van der Waals surface area contributed by atoms with Gasteiger partial charge in [-0.2, -0.15) is 0 Å². The summed E-state index contributed by atoms with van der Waals surface area (Å²) < 4.78 is 38.5. The van der Waals surface area contributed by atoms with Crippen LogP contribution in [-0.2, 0) is 6.54 Å². The molecule has 0 saturated heterocycles. The summed E-state index contributed by atoms with van der Waals surface area (Å²) in [7, 11) is 0. The third kappa shape index (κ3) is 3.71. The summed E-state index contributed by atoms with van der Waals surface area (Å²) >= 11 is 0. The van der Waals surface area contributed by atoms with Crippen LogP contribution in [0.3, 0.4) is 0 Å². The maximum absolute atomic E-state index is 12.9. The third-order valence-corrected chi connectivity index (χ3v) is 2.61. The van der Waals surface area contributed by atoms with E-state index in [1.807, 2.05) is 13.8 Å². The first-order valence-corrected chi connectivity index (χ1v) is 5.43. The lowest BCUT2D eigenvalue weighted by molar-refractivity contribution is 0.210. The second-order valence-corrected chi connectivity index (χ2v) is 4.29. The molecule has 0 saturated carbocycles. The predicted molar refractivity (Wildman–Crippen MR) is 58.9 cm³/mol. The van der Waals surface area contributed by atoms with Gasteiger partial charge in [-0.1, -0.05) is 13.8 Å². The Morgan fingerprint density at radius 1 is 1.18 bits per heavy atom. The van der Waals surface area contributed by atoms with Crippen molar-refractivity contribution in [2.45, 2.75) is 26.4 Å². The zero-order valence-electron chi connectivity index (χ0n) is 9.80. The molecular formula is C12H16F3NO. The zero-order chi connectivity index (χ0) is 13.0. The molecule has 0 spiro atoms. The smallest absolute Gasteiger partial charge is 0.194 e. The standard InChI is InChI=1S/C12H16F3NO/c1-7(2)11(6-17)16-5-8-3-9(13)12(15)10(14)4-8/h3-4,7,11,16-17H,5-6H2,1-2H3/t11-/m1/s1. The van der Waals surface area contributed by atoms with Gasteiger partial charge < -0.3 is 10.4 Å². The molecule has 0 heterocycles. The average Bonchev–Trinajstić information content (AvgIpc) is 2.26. The minimum atomic E-state index is -1.46. The van der Waals surface area contributed by atoms with Gasteiger partial charge in [0.1, 0.15) is 0 Å². The summed E-state index contributed by atoms with van der Waals surface area (Å²) in [6.45, 7) is 3.95. The van der Waals surface area contributed by atoms with Gasteiger partial charge in [-0.25, -0.2) is 13.2 Å². The summed E-state index contributed by atoms with van der Waals surface area (Å²) in [6, 6.07) is 1.73. The van der Waals surface area contributed by atoms with Gasteiger partial charge in [-0.15, -0.1) is 0 Å². The largest absolute Gasteiger partial charge is 0.395 e. The normalized spacial score (nSPS) is 13.1. The quantitative estimate of drug-likeness (QED) is 0.782. The third-order valence-electron chi connectivity index (χ3n) is 2.61. The minimum absolute atomic E-state index is 0.0656. The van der Waals surface area contributed by atoms with Crippen molar-refractivity contribution in [3.05, 3.63) is 35.1 Å². The lowest BCUT2D eigenvalue weighted by atomic mass is 10.1. The van der Waals surface area contributed by atoms with E-state index in [0.717, 1.165) is 12.1 Å². The van der Waals surface area contributed by atoms with Crippen LogP contribution in [0.1, 0.15) is 19.4 Å². The molecule has 96 valence electrons. The molecule has 17 heavy (non-hydrogen) atoms. The second-order valence-electron chi connectivity index (χ2n) is 4.29. The van der Waals surface area contributed by atoms with E-state index in [9.17, 15) is 13.2 Å². The molecule has 0 unspecified atom stereocenters. The van der Waals surface area contributed by atoms with Crippen molar-refractivity contribution in [1.82, 2.24) is 5.32 Å². The summed E-state index contributed by atoms with van der Waals surface area (Å²) in [4.78, 5) is 0. The second kappa shape index (κ2) is 6.02. The molecule has 0 amide bonds. The molecule has 0 radical (unpaired) electrons. The van der Waals surface area contributed by atoms with Crippen LogP contribution in [0.4, 0.5) is 13.2 Å². The van der Waals surface area contributed by atoms with Crippen molar-refractivity contribution >= 4 is 0 Å². The number of nitrogens with one attached hydrogen (secondary N) is 1. The molecule has 1 aromatic carbocycles. The summed E-state index contributed by atoms with van der Waals surface area (Å²) in [6.07, 6.45) is 0. The Labute approximate surface area is 98.5 Å². The number of aliphatic hydroxyl groups is 1. The molecule has 0 fully saturated rings. The Kier molecular flexibility index (Phi) is 4.96. The molecule has 2 N–H and O–H groups in total. The minimum Gasteiger partial charge on any atom is -0.395 e. The molecular weight excluding hydrogens is 231 g/mol. The Morgan fingerprint density at radius 3 is 2.12 bits per heavy atom. The van der Waals surface area contributed by atoms with Gasteiger partial charge in [0.05, 0.1) is 6.61 Å². The highest BCUT2D eigenvalue weighted by Crippen LogP contribution is 2.14. The van der Waals surface area contributed by atoms with Crippen molar-refractivity contribution < 1.29 is 18.3 Å².